The molecule has 1 aromatic heterocycles. The summed E-state index contributed by atoms with van der Waals surface area (Å²) < 4.78 is 0. The Morgan fingerprint density at radius 1 is 1.24 bits per heavy atom. The molecule has 1 amide bonds. The lowest BCUT2D eigenvalue weighted by molar-refractivity contribution is -0.117. The van der Waals surface area contributed by atoms with Crippen LogP contribution in [0.3, 0.4) is 0 Å². The van der Waals surface area contributed by atoms with Gasteiger partial charge in [0.25, 0.3) is 5.91 Å². The van der Waals surface area contributed by atoms with Gasteiger partial charge in [-0.2, -0.15) is 0 Å². The number of carbonyl (C=O) groups is 2. The summed E-state index contributed by atoms with van der Waals surface area (Å²) in [5, 5.41) is 3.17. The lowest BCUT2D eigenvalue weighted by Gasteiger charge is -2.21. The molecule has 1 aromatic carbocycles. The molecule has 0 spiro atoms. The van der Waals surface area contributed by atoms with Gasteiger partial charge in [-0.25, -0.2) is 4.98 Å². The summed E-state index contributed by atoms with van der Waals surface area (Å²) in [7, 11) is 0. The van der Waals surface area contributed by atoms with E-state index in [0.717, 1.165) is 0 Å². The molecular formula is C16H15N3O2. The molecule has 21 heavy (non-hydrogen) atoms. The Morgan fingerprint density at radius 3 is 2.86 bits per heavy atom. The molecule has 2 heterocycles. The molecule has 1 aliphatic heterocycles. The molecule has 0 radical (unpaired) electrons. The highest BCUT2D eigenvalue weighted by Gasteiger charge is 2.28. The minimum Gasteiger partial charge on any atom is -0.338 e. The molecule has 0 atom stereocenters. The fourth-order valence-electron chi connectivity index (χ4n) is 2.32. The number of amides is 1. The molecule has 0 aliphatic carbocycles. The summed E-state index contributed by atoms with van der Waals surface area (Å²) in [5.41, 5.74) is 1.87. The number of fused-ring (bicyclic) bond motifs is 2. The fourth-order valence-corrected chi connectivity index (χ4v) is 2.32. The van der Waals surface area contributed by atoms with Crippen LogP contribution in [0.2, 0.25) is 0 Å². The second-order valence-electron chi connectivity index (χ2n) is 4.83. The third-order valence-corrected chi connectivity index (χ3v) is 3.46. The Labute approximate surface area is 122 Å². The summed E-state index contributed by atoms with van der Waals surface area (Å²) in [6, 6.07) is 10.8. The van der Waals surface area contributed by atoms with Crippen molar-refractivity contribution in [3.63, 3.8) is 0 Å². The molecule has 0 saturated carbocycles. The number of aromatic nitrogens is 1. The summed E-state index contributed by atoms with van der Waals surface area (Å²) in [4.78, 5) is 30.4. The number of pyridine rings is 1. The predicted octanol–water partition coefficient (Wildman–Crippen LogP) is 2.76. The number of hydrogen-bond donors (Lipinski definition) is 1. The van der Waals surface area contributed by atoms with Gasteiger partial charge in [0.1, 0.15) is 0 Å². The van der Waals surface area contributed by atoms with Gasteiger partial charge >= 0.3 is 0 Å². The minimum atomic E-state index is -0.188. The number of para-hydroxylation sites is 1. The third-order valence-electron chi connectivity index (χ3n) is 3.46. The fraction of sp³-hybridized carbons (Fsp3) is 0.188. The number of anilines is 3. The first kappa shape index (κ1) is 13.3. The summed E-state index contributed by atoms with van der Waals surface area (Å²) in [5.74, 6) is 0.406. The molecule has 0 unspecified atom stereocenters. The van der Waals surface area contributed by atoms with Crippen LogP contribution in [0.15, 0.2) is 42.6 Å². The van der Waals surface area contributed by atoms with E-state index >= 15 is 0 Å². The van der Waals surface area contributed by atoms with E-state index in [1.54, 1.807) is 31.3 Å². The van der Waals surface area contributed by atoms with Crippen LogP contribution >= 0.6 is 0 Å². The third kappa shape index (κ3) is 2.38. The van der Waals surface area contributed by atoms with Crippen molar-refractivity contribution in [3.8, 4) is 0 Å². The highest BCUT2D eigenvalue weighted by Crippen LogP contribution is 2.33. The molecule has 5 heteroatoms. The minimum absolute atomic E-state index is 0.0116. The molecule has 0 saturated heterocycles. The number of nitrogens with one attached hydrogen (secondary N) is 1. The molecule has 5 nitrogen and oxygen atoms in total. The number of nitrogens with zero attached hydrogens (tertiary/aromatic N) is 2. The molecular weight excluding hydrogens is 266 g/mol. The highest BCUT2D eigenvalue weighted by atomic mass is 16.2. The first-order valence-electron chi connectivity index (χ1n) is 6.85. The van der Waals surface area contributed by atoms with Crippen molar-refractivity contribution < 1.29 is 9.59 Å². The van der Waals surface area contributed by atoms with Gasteiger partial charge < -0.3 is 5.32 Å². The maximum atomic E-state index is 12.8. The van der Waals surface area contributed by atoms with Gasteiger partial charge in [-0.15, -0.1) is 0 Å². The molecule has 106 valence electrons. The van der Waals surface area contributed by atoms with Crippen LogP contribution in [0.5, 0.6) is 0 Å². The number of carbonyl (C=O) groups excluding carboxylic acids is 2. The van der Waals surface area contributed by atoms with Crippen LogP contribution in [0.1, 0.15) is 23.7 Å². The zero-order chi connectivity index (χ0) is 14.8. The van der Waals surface area contributed by atoms with Gasteiger partial charge in [-0.05, 0) is 24.3 Å². The Kier molecular flexibility index (Phi) is 3.39. The van der Waals surface area contributed by atoms with E-state index in [2.05, 4.69) is 10.3 Å². The number of benzene rings is 1. The van der Waals surface area contributed by atoms with Gasteiger partial charge in [0, 0.05) is 12.6 Å². The number of Topliss-reactive ketones (excluding diaryl/α,β-unsaturated/α-hetero) is 1. The van der Waals surface area contributed by atoms with Gasteiger partial charge in [0.15, 0.2) is 11.6 Å². The van der Waals surface area contributed by atoms with E-state index in [0.29, 0.717) is 29.2 Å². The molecule has 1 aliphatic rings. The molecule has 3 rings (SSSR count). The lowest BCUT2D eigenvalue weighted by atomic mass is 10.1. The maximum absolute atomic E-state index is 12.8. The van der Waals surface area contributed by atoms with E-state index in [9.17, 15) is 9.59 Å². The smallest absolute Gasteiger partial charge is 0.260 e. The number of rotatable bonds is 3. The van der Waals surface area contributed by atoms with Crippen molar-refractivity contribution in [1.29, 1.82) is 0 Å². The van der Waals surface area contributed by atoms with Crippen molar-refractivity contribution in [2.24, 2.45) is 0 Å². The van der Waals surface area contributed by atoms with Crippen LogP contribution in [-0.2, 0) is 4.79 Å². The molecule has 2 aromatic rings. The first-order valence-corrected chi connectivity index (χ1v) is 6.85. The number of ketones is 1. The van der Waals surface area contributed by atoms with E-state index in [1.807, 2.05) is 18.2 Å². The van der Waals surface area contributed by atoms with Crippen molar-refractivity contribution in [1.82, 2.24) is 4.98 Å². The van der Waals surface area contributed by atoms with E-state index in [-0.39, 0.29) is 18.2 Å². The van der Waals surface area contributed by atoms with Crippen molar-refractivity contribution >= 4 is 28.9 Å². The standard InChI is InChI=1S/C16H15N3O2/c1-2-11(20)10-19-14-8-5-9-17-15(14)18-13-7-4-3-6-12(13)16(19)21/h3-9H,2,10H2,1H3,(H,17,18). The first-order chi connectivity index (χ1) is 10.2. The Hall–Kier alpha value is -2.69. The van der Waals surface area contributed by atoms with Crippen LogP contribution in [0.4, 0.5) is 17.2 Å². The van der Waals surface area contributed by atoms with Crippen molar-refractivity contribution in [2.75, 3.05) is 16.8 Å². The number of hydrogen-bond acceptors (Lipinski definition) is 4. The molecule has 0 bridgehead atoms. The normalized spacial score (nSPS) is 13.0. The van der Waals surface area contributed by atoms with E-state index < -0.39 is 0 Å². The SMILES string of the molecule is CCC(=O)CN1C(=O)c2ccccc2Nc2ncccc21. The van der Waals surface area contributed by atoms with Crippen molar-refractivity contribution in [2.45, 2.75) is 13.3 Å². The largest absolute Gasteiger partial charge is 0.338 e. The zero-order valence-corrected chi connectivity index (χ0v) is 11.7. The topological polar surface area (TPSA) is 62.3 Å². The summed E-state index contributed by atoms with van der Waals surface area (Å²) in [6.45, 7) is 1.85. The average Bonchev–Trinajstić information content (AvgIpc) is 2.63. The van der Waals surface area contributed by atoms with Crippen LogP contribution in [0, 0.1) is 0 Å². The predicted molar refractivity (Wildman–Crippen MR) is 80.9 cm³/mol. The molecule has 0 fully saturated rings. The van der Waals surface area contributed by atoms with Crippen LogP contribution < -0.4 is 10.2 Å². The van der Waals surface area contributed by atoms with Gasteiger partial charge in [-0.1, -0.05) is 19.1 Å². The quantitative estimate of drug-likeness (QED) is 0.939. The lowest BCUT2D eigenvalue weighted by Crippen LogP contribution is -2.35. The Morgan fingerprint density at radius 2 is 2.05 bits per heavy atom. The van der Waals surface area contributed by atoms with Crippen LogP contribution in [-0.4, -0.2) is 23.2 Å². The summed E-state index contributed by atoms with van der Waals surface area (Å²) in [6.07, 6.45) is 2.05. The maximum Gasteiger partial charge on any atom is 0.260 e. The monoisotopic (exact) mass is 281 g/mol. The second kappa shape index (κ2) is 5.36. The second-order valence-corrected chi connectivity index (χ2v) is 4.83. The Bertz CT molecular complexity index is 712. The Balaban J connectivity index is 2.13. The van der Waals surface area contributed by atoms with Crippen LogP contribution in [0.25, 0.3) is 0 Å². The summed E-state index contributed by atoms with van der Waals surface area (Å²) >= 11 is 0. The van der Waals surface area contributed by atoms with E-state index in [1.165, 1.54) is 4.90 Å². The molecule has 1 N–H and O–H groups in total. The zero-order valence-electron chi connectivity index (χ0n) is 11.7. The van der Waals surface area contributed by atoms with E-state index in [4.69, 9.17) is 0 Å². The van der Waals surface area contributed by atoms with Gasteiger partial charge in [0.05, 0.1) is 23.5 Å². The highest BCUT2D eigenvalue weighted by molar-refractivity contribution is 6.15. The average molecular weight is 281 g/mol. The van der Waals surface area contributed by atoms with Gasteiger partial charge in [0.2, 0.25) is 0 Å². The van der Waals surface area contributed by atoms with Gasteiger partial charge in [-0.3, -0.25) is 14.5 Å². The van der Waals surface area contributed by atoms with Crippen molar-refractivity contribution in [3.05, 3.63) is 48.2 Å².